The minimum Gasteiger partial charge on any atom is -0.394 e. The summed E-state index contributed by atoms with van der Waals surface area (Å²) in [6.07, 6.45) is 7.73. The van der Waals surface area contributed by atoms with E-state index in [4.69, 9.17) is 9.84 Å². The van der Waals surface area contributed by atoms with Crippen LogP contribution in [-0.2, 0) is 4.74 Å². The standard InChI is InChI=1S/C12H27NO2/c1-2-3-4-5-6-8-13-9-7-11-15-12-10-14/h13-14H,2-12H2,1H3. The number of rotatable bonds is 12. The van der Waals surface area contributed by atoms with Crippen LogP contribution in [0, 0.1) is 0 Å². The van der Waals surface area contributed by atoms with Crippen molar-refractivity contribution in [2.24, 2.45) is 0 Å². The van der Waals surface area contributed by atoms with Gasteiger partial charge in [-0.3, -0.25) is 0 Å². The number of hydrogen-bond acceptors (Lipinski definition) is 3. The number of ether oxygens (including phenoxy) is 1. The highest BCUT2D eigenvalue weighted by Gasteiger charge is 1.90. The van der Waals surface area contributed by atoms with E-state index in [1.54, 1.807) is 0 Å². The molecule has 0 rings (SSSR count). The maximum absolute atomic E-state index is 8.47. The molecule has 0 aromatic heterocycles. The van der Waals surface area contributed by atoms with Crippen LogP contribution >= 0.6 is 0 Å². The average molecular weight is 217 g/mol. The Morgan fingerprint density at radius 1 is 0.933 bits per heavy atom. The van der Waals surface area contributed by atoms with Gasteiger partial charge in [0.1, 0.15) is 0 Å². The molecule has 0 bridgehead atoms. The van der Waals surface area contributed by atoms with Crippen molar-refractivity contribution in [2.75, 3.05) is 32.9 Å². The molecule has 3 heteroatoms. The van der Waals surface area contributed by atoms with Crippen LogP contribution in [-0.4, -0.2) is 38.0 Å². The van der Waals surface area contributed by atoms with Gasteiger partial charge in [0, 0.05) is 6.61 Å². The molecule has 0 radical (unpaired) electrons. The average Bonchev–Trinajstić information content (AvgIpc) is 2.26. The summed E-state index contributed by atoms with van der Waals surface area (Å²) in [5.74, 6) is 0. The highest BCUT2D eigenvalue weighted by molar-refractivity contribution is 4.49. The molecule has 0 spiro atoms. The van der Waals surface area contributed by atoms with Crippen LogP contribution in [0.25, 0.3) is 0 Å². The smallest absolute Gasteiger partial charge is 0.0697 e. The predicted molar refractivity (Wildman–Crippen MR) is 64.2 cm³/mol. The van der Waals surface area contributed by atoms with Crippen molar-refractivity contribution >= 4 is 0 Å². The van der Waals surface area contributed by atoms with Gasteiger partial charge >= 0.3 is 0 Å². The van der Waals surface area contributed by atoms with E-state index in [9.17, 15) is 0 Å². The number of hydrogen-bond donors (Lipinski definition) is 2. The van der Waals surface area contributed by atoms with Crippen LogP contribution in [0.1, 0.15) is 45.4 Å². The van der Waals surface area contributed by atoms with Gasteiger partial charge in [-0.25, -0.2) is 0 Å². The molecule has 0 saturated carbocycles. The second-order valence-corrected chi connectivity index (χ2v) is 3.85. The molecule has 0 aliphatic heterocycles. The first-order chi connectivity index (χ1) is 7.41. The van der Waals surface area contributed by atoms with Crippen molar-refractivity contribution in [1.82, 2.24) is 5.32 Å². The van der Waals surface area contributed by atoms with Crippen molar-refractivity contribution in [1.29, 1.82) is 0 Å². The molecule has 0 heterocycles. The lowest BCUT2D eigenvalue weighted by atomic mass is 10.1. The Morgan fingerprint density at radius 2 is 1.67 bits per heavy atom. The molecule has 0 unspecified atom stereocenters. The minimum absolute atomic E-state index is 0.130. The SMILES string of the molecule is CCCCCCCNCCCOCCO. The third-order valence-corrected chi connectivity index (χ3v) is 2.33. The third kappa shape index (κ3) is 13.9. The highest BCUT2D eigenvalue weighted by Crippen LogP contribution is 2.00. The lowest BCUT2D eigenvalue weighted by Gasteiger charge is -2.05. The number of nitrogens with one attached hydrogen (secondary N) is 1. The molecule has 0 aliphatic carbocycles. The molecular weight excluding hydrogens is 190 g/mol. The summed E-state index contributed by atoms with van der Waals surface area (Å²) in [6, 6.07) is 0. The lowest BCUT2D eigenvalue weighted by molar-refractivity contribution is 0.0907. The fourth-order valence-electron chi connectivity index (χ4n) is 1.44. The van der Waals surface area contributed by atoms with E-state index in [1.165, 1.54) is 32.1 Å². The monoisotopic (exact) mass is 217 g/mol. The fourth-order valence-corrected chi connectivity index (χ4v) is 1.44. The van der Waals surface area contributed by atoms with Crippen molar-refractivity contribution < 1.29 is 9.84 Å². The molecule has 3 nitrogen and oxygen atoms in total. The molecule has 0 aliphatic rings. The first kappa shape index (κ1) is 14.9. The molecule has 0 atom stereocenters. The van der Waals surface area contributed by atoms with Gasteiger partial charge in [-0.1, -0.05) is 32.6 Å². The molecule has 15 heavy (non-hydrogen) atoms. The molecule has 0 aromatic rings. The maximum Gasteiger partial charge on any atom is 0.0697 e. The predicted octanol–water partition coefficient (Wildman–Crippen LogP) is 1.95. The second-order valence-electron chi connectivity index (χ2n) is 3.85. The Bertz CT molecular complexity index is 97.8. The Hall–Kier alpha value is -0.120. The van der Waals surface area contributed by atoms with Crippen LogP contribution in [0.2, 0.25) is 0 Å². The zero-order chi connectivity index (χ0) is 11.2. The van der Waals surface area contributed by atoms with Gasteiger partial charge in [0.15, 0.2) is 0 Å². The molecule has 0 aromatic carbocycles. The van der Waals surface area contributed by atoms with Gasteiger partial charge in [-0.2, -0.15) is 0 Å². The minimum atomic E-state index is 0.130. The number of aliphatic hydroxyl groups excluding tert-OH is 1. The largest absolute Gasteiger partial charge is 0.394 e. The molecule has 0 amide bonds. The van der Waals surface area contributed by atoms with E-state index < -0.39 is 0 Å². The van der Waals surface area contributed by atoms with Gasteiger partial charge in [0.25, 0.3) is 0 Å². The van der Waals surface area contributed by atoms with Crippen LogP contribution in [0.3, 0.4) is 0 Å². The van der Waals surface area contributed by atoms with E-state index in [2.05, 4.69) is 12.2 Å². The third-order valence-electron chi connectivity index (χ3n) is 2.33. The molecule has 0 fully saturated rings. The van der Waals surface area contributed by atoms with Gasteiger partial charge in [0.2, 0.25) is 0 Å². The van der Waals surface area contributed by atoms with Crippen LogP contribution in [0.4, 0.5) is 0 Å². The first-order valence-corrected chi connectivity index (χ1v) is 6.31. The van der Waals surface area contributed by atoms with Crippen molar-refractivity contribution in [3.63, 3.8) is 0 Å². The summed E-state index contributed by atoms with van der Waals surface area (Å²) < 4.78 is 5.15. The van der Waals surface area contributed by atoms with E-state index in [1.807, 2.05) is 0 Å². The maximum atomic E-state index is 8.47. The van der Waals surface area contributed by atoms with E-state index in [-0.39, 0.29) is 6.61 Å². The zero-order valence-electron chi connectivity index (χ0n) is 10.1. The Morgan fingerprint density at radius 3 is 2.40 bits per heavy atom. The summed E-state index contributed by atoms with van der Waals surface area (Å²) in [4.78, 5) is 0. The van der Waals surface area contributed by atoms with E-state index in [0.717, 1.165) is 26.1 Å². The van der Waals surface area contributed by atoms with Gasteiger partial charge in [-0.05, 0) is 25.9 Å². The van der Waals surface area contributed by atoms with Crippen LogP contribution in [0.15, 0.2) is 0 Å². The van der Waals surface area contributed by atoms with Gasteiger partial charge < -0.3 is 15.2 Å². The highest BCUT2D eigenvalue weighted by atomic mass is 16.5. The van der Waals surface area contributed by atoms with Crippen molar-refractivity contribution in [3.05, 3.63) is 0 Å². The molecular formula is C12H27NO2. The summed E-state index contributed by atoms with van der Waals surface area (Å²) in [7, 11) is 0. The Balaban J connectivity index is 2.81. The van der Waals surface area contributed by atoms with E-state index in [0.29, 0.717) is 6.61 Å². The summed E-state index contributed by atoms with van der Waals surface area (Å²) in [5, 5.41) is 11.9. The first-order valence-electron chi connectivity index (χ1n) is 6.31. The molecule has 0 saturated heterocycles. The normalized spacial score (nSPS) is 10.8. The summed E-state index contributed by atoms with van der Waals surface area (Å²) in [5.41, 5.74) is 0. The quantitative estimate of drug-likeness (QED) is 0.491. The topological polar surface area (TPSA) is 41.5 Å². The van der Waals surface area contributed by atoms with Crippen molar-refractivity contribution in [3.8, 4) is 0 Å². The number of aliphatic hydroxyl groups is 1. The van der Waals surface area contributed by atoms with Crippen LogP contribution < -0.4 is 5.32 Å². The van der Waals surface area contributed by atoms with Crippen molar-refractivity contribution in [2.45, 2.75) is 45.4 Å². The Kier molecular flexibility index (Phi) is 13.8. The fraction of sp³-hybridized carbons (Fsp3) is 1.00. The molecule has 92 valence electrons. The summed E-state index contributed by atoms with van der Waals surface area (Å²) >= 11 is 0. The Labute approximate surface area is 94.2 Å². The van der Waals surface area contributed by atoms with Gasteiger partial charge in [0.05, 0.1) is 13.2 Å². The molecule has 2 N–H and O–H groups in total. The number of unbranched alkanes of at least 4 members (excludes halogenated alkanes) is 4. The van der Waals surface area contributed by atoms with Gasteiger partial charge in [-0.15, -0.1) is 0 Å². The van der Waals surface area contributed by atoms with Crippen LogP contribution in [0.5, 0.6) is 0 Å². The second kappa shape index (κ2) is 13.9. The lowest BCUT2D eigenvalue weighted by Crippen LogP contribution is -2.18. The zero-order valence-corrected chi connectivity index (χ0v) is 10.1. The van der Waals surface area contributed by atoms with E-state index >= 15 is 0 Å². The summed E-state index contributed by atoms with van der Waals surface area (Å²) in [6.45, 7) is 5.75.